The van der Waals surface area contributed by atoms with E-state index in [-0.39, 0.29) is 12.3 Å². The maximum absolute atomic E-state index is 15.3. The number of hydrogen-bond acceptors (Lipinski definition) is 16. The number of esters is 3. The van der Waals surface area contributed by atoms with Crippen molar-refractivity contribution in [1.82, 2.24) is 24.8 Å². The fourth-order valence-corrected chi connectivity index (χ4v) is 13.8. The number of amides is 1. The Kier molecular flexibility index (Phi) is 14.4. The highest BCUT2D eigenvalue weighted by atomic mass is 32.3. The molecule has 5 aliphatic heterocycles. The number of carbonyl (C=O) groups is 4. The Morgan fingerprint density at radius 3 is 2.26 bits per heavy atom. The van der Waals surface area contributed by atoms with Gasteiger partial charge in [-0.3, -0.25) is 43.1 Å². The van der Waals surface area contributed by atoms with Gasteiger partial charge < -0.3 is 44.0 Å². The molecule has 2 saturated heterocycles. The lowest BCUT2D eigenvalue weighted by molar-refractivity contribution is -0.228. The van der Waals surface area contributed by atoms with Crippen molar-refractivity contribution < 1.29 is 70.3 Å². The van der Waals surface area contributed by atoms with Gasteiger partial charge in [-0.25, -0.2) is 9.59 Å². The number of halogens is 1. The fraction of sp³-hybridized carbons (Fsp3) is 0.520. The summed E-state index contributed by atoms with van der Waals surface area (Å²) in [7, 11) is -0.577. The molecule has 6 aliphatic rings. The number of hydrogen-bond donors (Lipinski definition) is 7. The Hall–Kier alpha value is -6.28. The van der Waals surface area contributed by atoms with Crippen LogP contribution in [0.2, 0.25) is 0 Å². The number of piperidine rings is 1. The summed E-state index contributed by atoms with van der Waals surface area (Å²) in [5, 5.41) is 26.3. The van der Waals surface area contributed by atoms with Crippen LogP contribution in [-0.2, 0) is 61.0 Å². The van der Waals surface area contributed by atoms with Crippen LogP contribution in [0, 0.1) is 17.2 Å². The van der Waals surface area contributed by atoms with Crippen LogP contribution >= 0.6 is 0 Å². The number of rotatable bonds is 8. The Morgan fingerprint density at radius 1 is 0.946 bits per heavy atom. The van der Waals surface area contributed by atoms with Crippen molar-refractivity contribution in [1.29, 1.82) is 0 Å². The topological polar surface area (TPSA) is 311 Å². The molecule has 24 heteroatoms. The lowest BCUT2D eigenvalue weighted by atomic mass is 9.47. The van der Waals surface area contributed by atoms with Crippen molar-refractivity contribution in [3.8, 4) is 5.75 Å². The highest BCUT2D eigenvalue weighted by Crippen LogP contribution is 2.68. The number of aliphatic hydroxyl groups is 2. The van der Waals surface area contributed by atoms with Gasteiger partial charge in [-0.15, -0.1) is 0 Å². The van der Waals surface area contributed by atoms with Gasteiger partial charge in [0.25, 0.3) is 5.56 Å². The number of methoxy groups -OCH3 is 3. The van der Waals surface area contributed by atoms with E-state index in [0.29, 0.717) is 106 Å². The first-order valence-electron chi connectivity index (χ1n) is 24.1. The zero-order chi connectivity index (χ0) is 53.9. The van der Waals surface area contributed by atoms with Crippen LogP contribution in [0.15, 0.2) is 64.3 Å². The molecule has 400 valence electrons. The van der Waals surface area contributed by atoms with Gasteiger partial charge >= 0.3 is 34.0 Å². The third kappa shape index (κ3) is 8.62. The van der Waals surface area contributed by atoms with Crippen LogP contribution < -0.4 is 20.9 Å². The fourth-order valence-electron chi connectivity index (χ4n) is 13.8. The van der Waals surface area contributed by atoms with E-state index in [2.05, 4.69) is 20.9 Å². The molecule has 7 N–H and O–H groups in total. The average molecular weight is 1050 g/mol. The molecule has 1 amide bonds. The van der Waals surface area contributed by atoms with Gasteiger partial charge in [-0.2, -0.15) is 12.8 Å². The zero-order valence-corrected chi connectivity index (χ0v) is 42.5. The van der Waals surface area contributed by atoms with Crippen molar-refractivity contribution in [2.75, 3.05) is 59.0 Å². The largest absolute Gasteiger partial charge is 0.496 e. The van der Waals surface area contributed by atoms with Crippen LogP contribution in [-0.4, -0.2) is 160 Å². The second-order valence-corrected chi connectivity index (χ2v) is 20.9. The predicted octanol–water partition coefficient (Wildman–Crippen LogP) is 2.07. The minimum atomic E-state index is -4.67. The SMILES string of the molecule is CC[C@]1(O)C[C@H]2CN(CCc3c([nH]c4ccccc34)[C@@](C(=O)OC)(c3cc4c(cc3OC)N(C=O)[C@H]3[C@@](O)(C(=O)OC)[C@H](OC(C)=O)[C@]5(CC)C=CCN6CC[C@]43[C@@H]65)C2)C1.O=S(=O)(O)O.O=c1[nH]cc(F)c(=O)[nH]1. The number of aromatic nitrogens is 3. The summed E-state index contributed by atoms with van der Waals surface area (Å²) in [5.74, 6) is -3.06. The molecule has 10 rings (SSSR count). The molecule has 10 atom stereocenters. The Bertz CT molecular complexity index is 3140. The minimum Gasteiger partial charge on any atom is -0.496 e. The predicted molar refractivity (Wildman–Crippen MR) is 262 cm³/mol. The number of para-hydroxylation sites is 1. The van der Waals surface area contributed by atoms with Crippen molar-refractivity contribution in [3.05, 3.63) is 104 Å². The van der Waals surface area contributed by atoms with Gasteiger partial charge in [-0.1, -0.05) is 44.2 Å². The zero-order valence-electron chi connectivity index (χ0n) is 41.7. The van der Waals surface area contributed by atoms with Gasteiger partial charge in [0.1, 0.15) is 11.2 Å². The van der Waals surface area contributed by atoms with Gasteiger partial charge in [0, 0.05) is 84.4 Å². The third-order valence-corrected chi connectivity index (χ3v) is 16.3. The smallest absolute Gasteiger partial charge is 0.394 e. The van der Waals surface area contributed by atoms with Crippen LogP contribution in [0.4, 0.5) is 10.1 Å². The van der Waals surface area contributed by atoms with Crippen molar-refractivity contribution in [3.63, 3.8) is 0 Å². The molecule has 0 radical (unpaired) electrons. The summed E-state index contributed by atoms with van der Waals surface area (Å²) in [6.45, 7) is 8.16. The van der Waals surface area contributed by atoms with Crippen LogP contribution in [0.3, 0.4) is 0 Å². The first kappa shape index (κ1) is 54.0. The quantitative estimate of drug-likeness (QED) is 0.0437. The lowest BCUT2D eigenvalue weighted by Gasteiger charge is -2.63. The molecule has 1 unspecified atom stereocenters. The number of aromatic amines is 3. The standard InChI is InChI=1S/C46H56N4O10.C4H3FN2O2.H2O4S/c1-7-42(55)22-28-23-45(40(53)58-5,36-30(14-18-48(24-28)25-42)29-12-9-10-13-33(29)47-36)32-20-31-34(21-35(32)57-4)50(26-51)38-44(31)16-19-49-17-11-15-43(8-2,37(44)49)39(60-27(3)52)46(38,56)41(54)59-6;5-2-1-6-4(9)7-3(2)8;1-5(2,3)4/h9-13,15,20-21,26,28,37-39,47,55-56H,7-8,14,16-19,22-25H2,1-6H3;1H,(H2,6,7,8,9);(H2,1,2,3,4)/t28-,37+,38-,39-,42+,43-,44-,45+,46+;;/m1../s1. The molecule has 2 bridgehead atoms. The number of H-pyrrole nitrogens is 3. The summed E-state index contributed by atoms with van der Waals surface area (Å²) >= 11 is 0. The number of ether oxygens (including phenoxy) is 4. The molecule has 1 spiro atoms. The summed E-state index contributed by atoms with van der Waals surface area (Å²) in [6, 6.07) is 9.97. The Balaban J connectivity index is 0.000000455. The molecule has 7 heterocycles. The minimum absolute atomic E-state index is 0.155. The molecular weight excluding hydrogens is 992 g/mol. The van der Waals surface area contributed by atoms with E-state index in [0.717, 1.165) is 16.5 Å². The highest BCUT2D eigenvalue weighted by Gasteiger charge is 2.81. The number of carbonyl (C=O) groups excluding carboxylic acids is 4. The van der Waals surface area contributed by atoms with E-state index in [9.17, 15) is 38.6 Å². The van der Waals surface area contributed by atoms with Gasteiger partial charge in [0.05, 0.1) is 38.7 Å². The lowest BCUT2D eigenvalue weighted by Crippen LogP contribution is -2.81. The molecule has 74 heavy (non-hydrogen) atoms. The number of nitrogens with zero attached hydrogens (tertiary/aromatic N) is 3. The number of nitrogens with one attached hydrogen (secondary N) is 3. The maximum Gasteiger partial charge on any atom is 0.394 e. The molecule has 4 aromatic rings. The van der Waals surface area contributed by atoms with Gasteiger partial charge in [0.15, 0.2) is 6.10 Å². The highest BCUT2D eigenvalue weighted by molar-refractivity contribution is 7.79. The normalized spacial score (nSPS) is 31.5. The molecule has 3 fully saturated rings. The summed E-state index contributed by atoms with van der Waals surface area (Å²) < 4.78 is 67.3. The first-order chi connectivity index (χ1) is 35.0. The van der Waals surface area contributed by atoms with Gasteiger partial charge in [-0.05, 0) is 74.2 Å². The van der Waals surface area contributed by atoms with E-state index in [1.54, 1.807) is 11.1 Å². The number of anilines is 1. The maximum atomic E-state index is 15.3. The van der Waals surface area contributed by atoms with E-state index >= 15 is 4.79 Å². The second-order valence-electron chi connectivity index (χ2n) is 20.0. The van der Waals surface area contributed by atoms with Crippen molar-refractivity contribution >= 4 is 51.3 Å². The van der Waals surface area contributed by atoms with Crippen molar-refractivity contribution in [2.45, 2.75) is 99.5 Å². The third-order valence-electron chi connectivity index (χ3n) is 16.3. The van der Waals surface area contributed by atoms with Crippen LogP contribution in [0.25, 0.3) is 10.9 Å². The number of benzene rings is 2. The number of fused-ring (bicyclic) bond motifs is 6. The average Bonchev–Trinajstić information content (AvgIpc) is 4.04. The van der Waals surface area contributed by atoms with Crippen LogP contribution in [0.1, 0.15) is 75.3 Å². The summed E-state index contributed by atoms with van der Waals surface area (Å²) in [6.07, 6.45) is 6.54. The van der Waals surface area contributed by atoms with Gasteiger partial charge in [0.2, 0.25) is 17.8 Å². The van der Waals surface area contributed by atoms with E-state index in [1.807, 2.05) is 55.2 Å². The molecule has 22 nitrogen and oxygen atoms in total. The second kappa shape index (κ2) is 19.8. The van der Waals surface area contributed by atoms with E-state index < -0.39 is 91.0 Å². The van der Waals surface area contributed by atoms with E-state index in [1.165, 1.54) is 33.2 Å². The molecule has 1 aliphatic carbocycles. The summed E-state index contributed by atoms with van der Waals surface area (Å²) in [5.41, 5.74) is -4.86. The molecule has 2 aromatic heterocycles. The van der Waals surface area contributed by atoms with Crippen molar-refractivity contribution in [2.24, 2.45) is 11.3 Å². The first-order valence-corrected chi connectivity index (χ1v) is 25.5. The summed E-state index contributed by atoms with van der Waals surface area (Å²) in [4.78, 5) is 90.1. The molecule has 1 saturated carbocycles. The van der Waals surface area contributed by atoms with Crippen LogP contribution in [0.5, 0.6) is 5.75 Å². The Morgan fingerprint density at radius 2 is 1.65 bits per heavy atom. The monoisotopic (exact) mass is 1050 g/mol. The van der Waals surface area contributed by atoms with E-state index in [4.69, 9.17) is 36.5 Å². The Labute approximate surface area is 424 Å². The molecule has 2 aromatic carbocycles. The molecular formula is C50H61FN6O16S.